The zero-order valence-corrected chi connectivity index (χ0v) is 10.7. The van der Waals surface area contributed by atoms with Crippen LogP contribution < -0.4 is 16.8 Å². The Hall–Kier alpha value is -1.69. The van der Waals surface area contributed by atoms with E-state index in [9.17, 15) is 9.18 Å². The molecular formula is C11H15ClFN3O2. The second-order valence-electron chi connectivity index (χ2n) is 3.54. The number of ether oxygens (including phenoxy) is 1. The maximum atomic E-state index is 13.7. The number of halogens is 2. The molecule has 1 aromatic rings. The van der Waals surface area contributed by atoms with E-state index in [1.807, 2.05) is 0 Å². The third-order valence-electron chi connectivity index (χ3n) is 2.20. The SMILES string of the molecule is CCOC(=O)CCNc1c(N)cc(N)c(Cl)c1F. The zero-order chi connectivity index (χ0) is 13.7. The molecule has 1 rings (SSSR count). The molecule has 18 heavy (non-hydrogen) atoms. The topological polar surface area (TPSA) is 90.4 Å². The molecule has 0 bridgehead atoms. The van der Waals surface area contributed by atoms with Gasteiger partial charge in [-0.15, -0.1) is 0 Å². The van der Waals surface area contributed by atoms with E-state index in [-0.39, 0.29) is 41.0 Å². The highest BCUT2D eigenvalue weighted by molar-refractivity contribution is 6.33. The minimum atomic E-state index is -0.724. The molecule has 5 nitrogen and oxygen atoms in total. The average molecular weight is 276 g/mol. The molecule has 0 aromatic heterocycles. The Morgan fingerprint density at radius 1 is 1.50 bits per heavy atom. The lowest BCUT2D eigenvalue weighted by molar-refractivity contribution is -0.142. The standard InChI is InChI=1S/C11H15ClFN3O2/c1-2-18-8(17)3-4-16-11-7(15)5-6(14)9(12)10(11)13/h5,16H,2-4,14-15H2,1H3. The molecule has 0 amide bonds. The number of esters is 1. The van der Waals surface area contributed by atoms with Crippen molar-refractivity contribution in [1.82, 2.24) is 0 Å². The van der Waals surface area contributed by atoms with Crippen LogP contribution in [-0.4, -0.2) is 19.1 Å². The molecular weight excluding hydrogens is 261 g/mol. The molecule has 0 heterocycles. The van der Waals surface area contributed by atoms with Gasteiger partial charge in [0, 0.05) is 6.54 Å². The van der Waals surface area contributed by atoms with Gasteiger partial charge in [-0.3, -0.25) is 4.79 Å². The number of carbonyl (C=O) groups is 1. The minimum absolute atomic E-state index is 0.0403. The van der Waals surface area contributed by atoms with E-state index in [4.69, 9.17) is 27.8 Å². The number of nitrogen functional groups attached to an aromatic ring is 2. The molecule has 0 saturated heterocycles. The minimum Gasteiger partial charge on any atom is -0.466 e. The van der Waals surface area contributed by atoms with Crippen molar-refractivity contribution in [3.63, 3.8) is 0 Å². The summed E-state index contributed by atoms with van der Waals surface area (Å²) in [5, 5.41) is 2.51. The predicted octanol–water partition coefficient (Wildman–Crippen LogP) is 2.01. The van der Waals surface area contributed by atoms with Gasteiger partial charge < -0.3 is 21.5 Å². The van der Waals surface area contributed by atoms with E-state index < -0.39 is 5.82 Å². The maximum Gasteiger partial charge on any atom is 0.307 e. The smallest absolute Gasteiger partial charge is 0.307 e. The largest absolute Gasteiger partial charge is 0.466 e. The summed E-state index contributed by atoms with van der Waals surface area (Å²) in [5.74, 6) is -1.09. The van der Waals surface area contributed by atoms with Crippen molar-refractivity contribution in [3.05, 3.63) is 16.9 Å². The van der Waals surface area contributed by atoms with Crippen molar-refractivity contribution < 1.29 is 13.9 Å². The molecule has 0 atom stereocenters. The fourth-order valence-electron chi connectivity index (χ4n) is 1.37. The van der Waals surface area contributed by atoms with Crippen LogP contribution in [0.25, 0.3) is 0 Å². The molecule has 0 aliphatic heterocycles. The molecule has 1 aromatic carbocycles. The van der Waals surface area contributed by atoms with E-state index in [0.717, 1.165) is 0 Å². The first-order valence-corrected chi connectivity index (χ1v) is 5.77. The number of nitrogens with two attached hydrogens (primary N) is 2. The summed E-state index contributed by atoms with van der Waals surface area (Å²) in [4.78, 5) is 11.1. The van der Waals surface area contributed by atoms with Crippen molar-refractivity contribution in [1.29, 1.82) is 0 Å². The van der Waals surface area contributed by atoms with Crippen molar-refractivity contribution >= 4 is 34.6 Å². The van der Waals surface area contributed by atoms with Gasteiger partial charge in [0.2, 0.25) is 0 Å². The lowest BCUT2D eigenvalue weighted by atomic mass is 10.2. The molecule has 0 fully saturated rings. The number of carbonyl (C=O) groups excluding carboxylic acids is 1. The fraction of sp³-hybridized carbons (Fsp3) is 0.364. The molecule has 0 unspecified atom stereocenters. The summed E-state index contributed by atoms with van der Waals surface area (Å²) < 4.78 is 18.5. The highest BCUT2D eigenvalue weighted by Gasteiger charge is 2.14. The lowest BCUT2D eigenvalue weighted by Crippen LogP contribution is -2.13. The molecule has 0 saturated carbocycles. The second kappa shape index (κ2) is 6.30. The van der Waals surface area contributed by atoms with Gasteiger partial charge in [0.25, 0.3) is 0 Å². The zero-order valence-electron chi connectivity index (χ0n) is 9.93. The molecule has 100 valence electrons. The molecule has 0 radical (unpaired) electrons. The van der Waals surface area contributed by atoms with Crippen molar-refractivity contribution in [2.75, 3.05) is 29.9 Å². The highest BCUT2D eigenvalue weighted by atomic mass is 35.5. The maximum absolute atomic E-state index is 13.7. The van der Waals surface area contributed by atoms with Gasteiger partial charge in [0.15, 0.2) is 5.82 Å². The van der Waals surface area contributed by atoms with E-state index in [0.29, 0.717) is 6.61 Å². The number of nitrogens with one attached hydrogen (secondary N) is 1. The number of anilines is 3. The predicted molar refractivity (Wildman–Crippen MR) is 70.0 cm³/mol. The Morgan fingerprint density at radius 3 is 2.78 bits per heavy atom. The Morgan fingerprint density at radius 2 is 2.17 bits per heavy atom. The number of rotatable bonds is 5. The molecule has 0 spiro atoms. The molecule has 0 aliphatic rings. The summed E-state index contributed by atoms with van der Waals surface area (Å²) in [6.07, 6.45) is 0.106. The first kappa shape index (κ1) is 14.4. The lowest BCUT2D eigenvalue weighted by Gasteiger charge is -2.12. The Kier molecular flexibility index (Phi) is 5.03. The Labute approximate surface area is 109 Å². The van der Waals surface area contributed by atoms with Gasteiger partial charge in [-0.05, 0) is 13.0 Å². The second-order valence-corrected chi connectivity index (χ2v) is 3.92. The Balaban J connectivity index is 2.68. The molecule has 5 N–H and O–H groups in total. The first-order valence-electron chi connectivity index (χ1n) is 5.39. The van der Waals surface area contributed by atoms with Gasteiger partial charge >= 0.3 is 5.97 Å². The van der Waals surface area contributed by atoms with E-state index in [1.54, 1.807) is 6.92 Å². The van der Waals surface area contributed by atoms with Crippen molar-refractivity contribution in [3.8, 4) is 0 Å². The van der Waals surface area contributed by atoms with Crippen LogP contribution in [-0.2, 0) is 9.53 Å². The molecule has 7 heteroatoms. The van der Waals surface area contributed by atoms with Crippen LogP contribution in [0, 0.1) is 5.82 Å². The summed E-state index contributed by atoms with van der Waals surface area (Å²) in [6.45, 7) is 2.21. The first-order chi connectivity index (χ1) is 8.47. The average Bonchev–Trinajstić information content (AvgIpc) is 2.31. The van der Waals surface area contributed by atoms with Crippen LogP contribution in [0.4, 0.5) is 21.5 Å². The van der Waals surface area contributed by atoms with E-state index >= 15 is 0 Å². The van der Waals surface area contributed by atoms with Crippen molar-refractivity contribution in [2.45, 2.75) is 13.3 Å². The summed E-state index contributed by atoms with van der Waals surface area (Å²) in [6, 6.07) is 1.36. The quantitative estimate of drug-likeness (QED) is 0.565. The van der Waals surface area contributed by atoms with Crippen LogP contribution in [0.15, 0.2) is 6.07 Å². The van der Waals surface area contributed by atoms with Crippen LogP contribution >= 0.6 is 11.6 Å². The van der Waals surface area contributed by atoms with E-state index in [2.05, 4.69) is 5.32 Å². The third-order valence-corrected chi connectivity index (χ3v) is 2.59. The number of hydrogen-bond acceptors (Lipinski definition) is 5. The Bertz CT molecular complexity index is 454. The summed E-state index contributed by atoms with van der Waals surface area (Å²) >= 11 is 5.66. The van der Waals surface area contributed by atoms with Crippen LogP contribution in [0.5, 0.6) is 0 Å². The van der Waals surface area contributed by atoms with E-state index in [1.165, 1.54) is 6.07 Å². The summed E-state index contributed by atoms with van der Waals surface area (Å²) in [5.41, 5.74) is 11.3. The van der Waals surface area contributed by atoms with Crippen LogP contribution in [0.3, 0.4) is 0 Å². The molecule has 0 aliphatic carbocycles. The van der Waals surface area contributed by atoms with Crippen LogP contribution in [0.2, 0.25) is 5.02 Å². The number of benzene rings is 1. The highest BCUT2D eigenvalue weighted by Crippen LogP contribution is 2.33. The van der Waals surface area contributed by atoms with Crippen LogP contribution in [0.1, 0.15) is 13.3 Å². The number of hydrogen-bond donors (Lipinski definition) is 3. The summed E-state index contributed by atoms with van der Waals surface area (Å²) in [7, 11) is 0. The van der Waals surface area contributed by atoms with Gasteiger partial charge in [-0.2, -0.15) is 0 Å². The van der Waals surface area contributed by atoms with Gasteiger partial charge in [0.05, 0.1) is 30.1 Å². The fourth-order valence-corrected chi connectivity index (χ4v) is 1.52. The third kappa shape index (κ3) is 3.40. The van der Waals surface area contributed by atoms with Gasteiger partial charge in [-0.1, -0.05) is 11.6 Å². The van der Waals surface area contributed by atoms with Crippen molar-refractivity contribution in [2.24, 2.45) is 0 Å². The van der Waals surface area contributed by atoms with Gasteiger partial charge in [-0.25, -0.2) is 4.39 Å². The normalized spacial score (nSPS) is 10.2. The van der Waals surface area contributed by atoms with Gasteiger partial charge in [0.1, 0.15) is 5.02 Å². The monoisotopic (exact) mass is 275 g/mol.